The van der Waals surface area contributed by atoms with Gasteiger partial charge >= 0.3 is 0 Å². The van der Waals surface area contributed by atoms with E-state index in [-0.39, 0.29) is 0 Å². The summed E-state index contributed by atoms with van der Waals surface area (Å²) in [6.45, 7) is 1.96. The first-order valence-electron chi connectivity index (χ1n) is 6.67. The number of benzene rings is 2. The van der Waals surface area contributed by atoms with Crippen LogP contribution in [0.4, 0.5) is 11.4 Å². The van der Waals surface area contributed by atoms with Crippen LogP contribution >= 0.6 is 22.6 Å². The molecule has 0 aromatic heterocycles. The Morgan fingerprint density at radius 3 is 2.79 bits per heavy atom. The van der Waals surface area contributed by atoms with Crippen molar-refractivity contribution in [2.75, 3.05) is 17.2 Å². The largest absolute Gasteiger partial charge is 0.385 e. The molecule has 0 aliphatic carbocycles. The molecule has 0 saturated carbocycles. The molecule has 1 heterocycles. The van der Waals surface area contributed by atoms with E-state index < -0.39 is 0 Å². The second kappa shape index (κ2) is 5.82. The molecule has 2 nitrogen and oxygen atoms in total. The van der Waals surface area contributed by atoms with E-state index in [1.165, 1.54) is 38.9 Å². The molecule has 0 bridgehead atoms. The smallest absolute Gasteiger partial charge is 0.0423 e. The molecule has 0 amide bonds. The number of hydrogen-bond acceptors (Lipinski definition) is 2. The Bertz CT molecular complexity index is 563. The molecule has 0 unspecified atom stereocenters. The maximum Gasteiger partial charge on any atom is 0.0423 e. The van der Waals surface area contributed by atoms with E-state index in [0.29, 0.717) is 0 Å². The highest BCUT2D eigenvalue weighted by Crippen LogP contribution is 2.26. The average molecular weight is 364 g/mol. The molecular weight excluding hydrogens is 347 g/mol. The minimum Gasteiger partial charge on any atom is -0.385 e. The van der Waals surface area contributed by atoms with Crippen molar-refractivity contribution >= 4 is 34.0 Å². The number of halogens is 1. The zero-order valence-electron chi connectivity index (χ0n) is 10.7. The maximum atomic E-state index is 3.54. The predicted octanol–water partition coefficient (Wildman–Crippen LogP) is 4.26. The molecule has 3 rings (SSSR count). The van der Waals surface area contributed by atoms with E-state index in [1.54, 1.807) is 0 Å². The second-order valence-electron chi connectivity index (χ2n) is 4.84. The van der Waals surface area contributed by atoms with Crippen molar-refractivity contribution in [2.45, 2.75) is 19.4 Å². The summed E-state index contributed by atoms with van der Waals surface area (Å²) in [7, 11) is 0. The van der Waals surface area contributed by atoms with Gasteiger partial charge < -0.3 is 10.6 Å². The van der Waals surface area contributed by atoms with E-state index in [4.69, 9.17) is 0 Å². The Hall–Kier alpha value is -1.23. The summed E-state index contributed by atoms with van der Waals surface area (Å²) < 4.78 is 1.27. The molecule has 98 valence electrons. The van der Waals surface area contributed by atoms with Gasteiger partial charge in [-0.1, -0.05) is 18.2 Å². The fraction of sp³-hybridized carbons (Fsp3) is 0.250. The van der Waals surface area contributed by atoms with Crippen molar-refractivity contribution in [2.24, 2.45) is 0 Å². The standard InChI is InChI=1S/C16H17IN2/c17-14-6-8-15(9-7-14)19-11-13-4-1-3-12-5-2-10-18-16(12)13/h1,3-4,6-9,18-19H,2,5,10-11H2. The molecule has 1 aliphatic heterocycles. The van der Waals surface area contributed by atoms with Crippen LogP contribution in [0.15, 0.2) is 42.5 Å². The third-order valence-electron chi connectivity index (χ3n) is 3.49. The highest BCUT2D eigenvalue weighted by atomic mass is 127. The van der Waals surface area contributed by atoms with Gasteiger partial charge in [-0.2, -0.15) is 0 Å². The molecular formula is C16H17IN2. The predicted molar refractivity (Wildman–Crippen MR) is 89.7 cm³/mol. The summed E-state index contributed by atoms with van der Waals surface area (Å²) in [5.41, 5.74) is 5.32. The molecule has 19 heavy (non-hydrogen) atoms. The Morgan fingerprint density at radius 1 is 1.11 bits per heavy atom. The van der Waals surface area contributed by atoms with Gasteiger partial charge in [0, 0.05) is 28.0 Å². The lowest BCUT2D eigenvalue weighted by molar-refractivity contribution is 0.825. The topological polar surface area (TPSA) is 24.1 Å². The first-order chi connectivity index (χ1) is 9.33. The van der Waals surface area contributed by atoms with Crippen molar-refractivity contribution < 1.29 is 0 Å². The average Bonchev–Trinajstić information content (AvgIpc) is 2.47. The molecule has 2 N–H and O–H groups in total. The third-order valence-corrected chi connectivity index (χ3v) is 4.21. The van der Waals surface area contributed by atoms with E-state index >= 15 is 0 Å². The quantitative estimate of drug-likeness (QED) is 0.796. The summed E-state index contributed by atoms with van der Waals surface area (Å²) in [4.78, 5) is 0. The van der Waals surface area contributed by atoms with E-state index in [2.05, 4.69) is 75.7 Å². The van der Waals surface area contributed by atoms with Gasteiger partial charge in [0.05, 0.1) is 0 Å². The van der Waals surface area contributed by atoms with Gasteiger partial charge in [0.1, 0.15) is 0 Å². The molecule has 0 saturated heterocycles. The van der Waals surface area contributed by atoms with Crippen molar-refractivity contribution in [1.29, 1.82) is 0 Å². The zero-order valence-corrected chi connectivity index (χ0v) is 12.9. The minimum atomic E-state index is 0.872. The lowest BCUT2D eigenvalue weighted by Crippen LogP contribution is -2.14. The highest BCUT2D eigenvalue weighted by Gasteiger charge is 2.11. The zero-order chi connectivity index (χ0) is 13.1. The number of fused-ring (bicyclic) bond motifs is 1. The van der Waals surface area contributed by atoms with Crippen LogP contribution in [0.5, 0.6) is 0 Å². The Labute approximate surface area is 127 Å². The number of hydrogen-bond donors (Lipinski definition) is 2. The Kier molecular flexibility index (Phi) is 3.92. The van der Waals surface area contributed by atoms with Crippen LogP contribution in [-0.2, 0) is 13.0 Å². The van der Waals surface area contributed by atoms with Crippen LogP contribution in [0.25, 0.3) is 0 Å². The first-order valence-corrected chi connectivity index (χ1v) is 7.75. The Morgan fingerprint density at radius 2 is 1.95 bits per heavy atom. The van der Waals surface area contributed by atoms with Crippen LogP contribution in [0.2, 0.25) is 0 Å². The number of rotatable bonds is 3. The van der Waals surface area contributed by atoms with Crippen molar-refractivity contribution in [3.63, 3.8) is 0 Å². The van der Waals surface area contributed by atoms with Gasteiger partial charge in [-0.05, 0) is 70.8 Å². The molecule has 1 aliphatic rings. The number of anilines is 2. The van der Waals surface area contributed by atoms with Crippen LogP contribution < -0.4 is 10.6 Å². The van der Waals surface area contributed by atoms with Gasteiger partial charge in [0.2, 0.25) is 0 Å². The highest BCUT2D eigenvalue weighted by molar-refractivity contribution is 14.1. The lowest BCUT2D eigenvalue weighted by atomic mass is 9.99. The summed E-state index contributed by atoms with van der Waals surface area (Å²) in [6.07, 6.45) is 2.43. The molecule has 2 aromatic carbocycles. The van der Waals surface area contributed by atoms with Crippen molar-refractivity contribution in [3.05, 3.63) is 57.2 Å². The maximum absolute atomic E-state index is 3.54. The lowest BCUT2D eigenvalue weighted by Gasteiger charge is -2.21. The van der Waals surface area contributed by atoms with Crippen LogP contribution in [0, 0.1) is 3.57 Å². The van der Waals surface area contributed by atoms with E-state index in [0.717, 1.165) is 13.1 Å². The number of para-hydroxylation sites is 1. The molecule has 0 fully saturated rings. The fourth-order valence-corrected chi connectivity index (χ4v) is 2.85. The Balaban J connectivity index is 1.75. The van der Waals surface area contributed by atoms with Crippen molar-refractivity contribution in [3.8, 4) is 0 Å². The van der Waals surface area contributed by atoms with Crippen LogP contribution in [-0.4, -0.2) is 6.54 Å². The van der Waals surface area contributed by atoms with E-state index in [9.17, 15) is 0 Å². The third kappa shape index (κ3) is 3.03. The number of aryl methyl sites for hydroxylation is 1. The first kappa shape index (κ1) is 12.8. The summed E-state index contributed by atoms with van der Waals surface area (Å²) in [6, 6.07) is 15.1. The summed E-state index contributed by atoms with van der Waals surface area (Å²) in [5, 5.41) is 7.03. The molecule has 3 heteroatoms. The van der Waals surface area contributed by atoms with Crippen LogP contribution in [0.3, 0.4) is 0 Å². The van der Waals surface area contributed by atoms with Gasteiger partial charge in [0.25, 0.3) is 0 Å². The van der Waals surface area contributed by atoms with Gasteiger partial charge in [-0.3, -0.25) is 0 Å². The monoisotopic (exact) mass is 364 g/mol. The second-order valence-corrected chi connectivity index (χ2v) is 6.09. The van der Waals surface area contributed by atoms with Crippen LogP contribution in [0.1, 0.15) is 17.5 Å². The summed E-state index contributed by atoms with van der Waals surface area (Å²) >= 11 is 2.33. The minimum absolute atomic E-state index is 0.872. The van der Waals surface area contributed by atoms with Gasteiger partial charge in [-0.25, -0.2) is 0 Å². The van der Waals surface area contributed by atoms with E-state index in [1.807, 2.05) is 0 Å². The normalized spacial score (nSPS) is 13.5. The molecule has 2 aromatic rings. The van der Waals surface area contributed by atoms with Gasteiger partial charge in [0.15, 0.2) is 0 Å². The number of nitrogens with one attached hydrogen (secondary N) is 2. The van der Waals surface area contributed by atoms with Crippen molar-refractivity contribution in [1.82, 2.24) is 0 Å². The molecule has 0 spiro atoms. The van der Waals surface area contributed by atoms with Gasteiger partial charge in [-0.15, -0.1) is 0 Å². The molecule has 0 radical (unpaired) electrons. The summed E-state index contributed by atoms with van der Waals surface area (Å²) in [5.74, 6) is 0. The SMILES string of the molecule is Ic1ccc(NCc2cccc3c2NCCC3)cc1. The fourth-order valence-electron chi connectivity index (χ4n) is 2.49. The molecule has 0 atom stereocenters.